The lowest BCUT2D eigenvalue weighted by Crippen LogP contribution is -2.24. The van der Waals surface area contributed by atoms with Gasteiger partial charge in [-0.15, -0.1) is 0 Å². The van der Waals surface area contributed by atoms with Crippen molar-refractivity contribution in [2.24, 2.45) is 0 Å². The Morgan fingerprint density at radius 3 is 2.46 bits per heavy atom. The molecule has 0 aromatic heterocycles. The number of hydrogen-bond acceptors (Lipinski definition) is 4. The Hall–Kier alpha value is -3.03. The summed E-state index contributed by atoms with van der Waals surface area (Å²) >= 11 is 0. The van der Waals surface area contributed by atoms with Crippen LogP contribution in [0, 0.1) is 6.92 Å². The summed E-state index contributed by atoms with van der Waals surface area (Å²) in [6.45, 7) is 0.789. The number of para-hydroxylation sites is 1. The van der Waals surface area contributed by atoms with Crippen LogP contribution in [0.15, 0.2) is 48.5 Å². The van der Waals surface area contributed by atoms with Gasteiger partial charge in [-0.2, -0.15) is 13.2 Å². The van der Waals surface area contributed by atoms with Gasteiger partial charge in [0.25, 0.3) is 5.91 Å². The molecular weight excluding hydrogens is 351 g/mol. The summed E-state index contributed by atoms with van der Waals surface area (Å²) in [6.07, 6.45) is -4.51. The molecule has 2 aromatic rings. The second-order valence-electron chi connectivity index (χ2n) is 5.34. The molecule has 0 saturated carbocycles. The minimum atomic E-state index is -4.51. The Morgan fingerprint density at radius 2 is 1.77 bits per heavy atom. The topological polar surface area (TPSA) is 64.6 Å². The number of aryl methyl sites for hydroxylation is 1. The summed E-state index contributed by atoms with van der Waals surface area (Å²) in [5.41, 5.74) is -0.0986. The molecule has 0 fully saturated rings. The molecule has 0 aliphatic rings. The summed E-state index contributed by atoms with van der Waals surface area (Å²) in [5.74, 6) is -1.01. The van der Waals surface area contributed by atoms with E-state index in [0.717, 1.165) is 17.7 Å². The first-order chi connectivity index (χ1) is 12.3. The lowest BCUT2D eigenvalue weighted by Gasteiger charge is -2.11. The first-order valence-electron chi connectivity index (χ1n) is 7.57. The zero-order chi connectivity index (χ0) is 19.2. The number of hydrogen-bond donors (Lipinski definition) is 1. The second kappa shape index (κ2) is 8.37. The summed E-state index contributed by atoms with van der Waals surface area (Å²) < 4.78 is 47.9. The number of benzene rings is 2. The molecule has 8 heteroatoms. The Labute approximate surface area is 147 Å². The largest absolute Gasteiger partial charge is 0.482 e. The van der Waals surface area contributed by atoms with E-state index in [-0.39, 0.29) is 12.3 Å². The van der Waals surface area contributed by atoms with Gasteiger partial charge < -0.3 is 14.8 Å². The maximum Gasteiger partial charge on any atom is 0.416 e. The van der Waals surface area contributed by atoms with Crippen molar-refractivity contribution in [3.05, 3.63) is 59.7 Å². The highest BCUT2D eigenvalue weighted by molar-refractivity contribution is 5.92. The van der Waals surface area contributed by atoms with Crippen molar-refractivity contribution in [1.29, 1.82) is 0 Å². The Kier molecular flexibility index (Phi) is 6.21. The second-order valence-corrected chi connectivity index (χ2v) is 5.34. The molecule has 0 unspecified atom stereocenters. The molecule has 0 radical (unpaired) electrons. The van der Waals surface area contributed by atoms with Gasteiger partial charge in [0.15, 0.2) is 13.2 Å². The minimum Gasteiger partial charge on any atom is -0.482 e. The fraction of sp³-hybridized carbons (Fsp3) is 0.222. The number of anilines is 1. The molecule has 26 heavy (non-hydrogen) atoms. The first kappa shape index (κ1) is 19.3. The zero-order valence-electron chi connectivity index (χ0n) is 13.8. The highest BCUT2D eigenvalue weighted by Crippen LogP contribution is 2.30. The van der Waals surface area contributed by atoms with E-state index in [1.807, 2.05) is 19.1 Å². The van der Waals surface area contributed by atoms with E-state index in [1.165, 1.54) is 12.1 Å². The molecule has 0 saturated heterocycles. The fourth-order valence-corrected chi connectivity index (χ4v) is 2.01. The zero-order valence-corrected chi connectivity index (χ0v) is 13.8. The van der Waals surface area contributed by atoms with Crippen LogP contribution in [0.5, 0.6) is 5.75 Å². The maximum atomic E-state index is 12.6. The summed E-state index contributed by atoms with van der Waals surface area (Å²) in [4.78, 5) is 23.3. The van der Waals surface area contributed by atoms with Crippen molar-refractivity contribution >= 4 is 17.6 Å². The number of carbonyl (C=O) groups is 2. The normalized spacial score (nSPS) is 10.9. The van der Waals surface area contributed by atoms with E-state index >= 15 is 0 Å². The van der Waals surface area contributed by atoms with Crippen LogP contribution in [0.4, 0.5) is 18.9 Å². The van der Waals surface area contributed by atoms with Gasteiger partial charge in [-0.1, -0.05) is 24.3 Å². The van der Waals surface area contributed by atoms with Crippen molar-refractivity contribution < 1.29 is 32.2 Å². The number of esters is 1. The highest BCUT2D eigenvalue weighted by atomic mass is 19.4. The van der Waals surface area contributed by atoms with Crippen LogP contribution in [0.2, 0.25) is 0 Å². The molecule has 1 N–H and O–H groups in total. The smallest absolute Gasteiger partial charge is 0.416 e. The summed E-state index contributed by atoms with van der Waals surface area (Å²) in [6, 6.07) is 11.2. The Balaban J connectivity index is 1.80. The number of amides is 1. The van der Waals surface area contributed by atoms with Crippen LogP contribution in [0.3, 0.4) is 0 Å². The molecule has 0 aliphatic heterocycles. The quantitative estimate of drug-likeness (QED) is 0.793. The van der Waals surface area contributed by atoms with Crippen LogP contribution in [0.1, 0.15) is 11.1 Å². The number of carbonyl (C=O) groups excluding carboxylic acids is 2. The molecule has 2 aromatic carbocycles. The third kappa shape index (κ3) is 5.80. The van der Waals surface area contributed by atoms with Crippen molar-refractivity contribution in [2.45, 2.75) is 13.1 Å². The Bertz CT molecular complexity index is 790. The molecule has 0 spiro atoms. The van der Waals surface area contributed by atoms with Gasteiger partial charge >= 0.3 is 12.1 Å². The molecule has 0 atom stereocenters. The number of nitrogens with one attached hydrogen (secondary N) is 1. The van der Waals surface area contributed by atoms with Crippen molar-refractivity contribution in [1.82, 2.24) is 0 Å². The van der Waals surface area contributed by atoms with Gasteiger partial charge in [-0.05, 0) is 36.8 Å². The number of alkyl halides is 3. The predicted molar refractivity (Wildman–Crippen MR) is 87.7 cm³/mol. The van der Waals surface area contributed by atoms with E-state index < -0.39 is 30.2 Å². The fourth-order valence-electron chi connectivity index (χ4n) is 2.01. The third-order valence-corrected chi connectivity index (χ3v) is 3.28. The van der Waals surface area contributed by atoms with Gasteiger partial charge in [-0.25, -0.2) is 4.79 Å². The van der Waals surface area contributed by atoms with Crippen LogP contribution >= 0.6 is 0 Å². The van der Waals surface area contributed by atoms with Crippen molar-refractivity contribution in [2.75, 3.05) is 18.5 Å². The Morgan fingerprint density at radius 1 is 1.04 bits per heavy atom. The van der Waals surface area contributed by atoms with E-state index in [9.17, 15) is 22.8 Å². The maximum absolute atomic E-state index is 12.6. The van der Waals surface area contributed by atoms with Gasteiger partial charge in [0.1, 0.15) is 5.75 Å². The van der Waals surface area contributed by atoms with Gasteiger partial charge in [-0.3, -0.25) is 4.79 Å². The first-order valence-corrected chi connectivity index (χ1v) is 7.57. The average molecular weight is 367 g/mol. The van der Waals surface area contributed by atoms with Crippen LogP contribution in [-0.2, 0) is 20.5 Å². The molecule has 5 nitrogen and oxygen atoms in total. The molecule has 138 valence electrons. The van der Waals surface area contributed by atoms with Gasteiger partial charge in [0.2, 0.25) is 0 Å². The van der Waals surface area contributed by atoms with Gasteiger partial charge in [0.05, 0.1) is 5.56 Å². The average Bonchev–Trinajstić information content (AvgIpc) is 2.59. The molecule has 0 heterocycles. The number of ether oxygens (including phenoxy) is 2. The summed E-state index contributed by atoms with van der Waals surface area (Å²) in [5, 5.41) is 2.24. The lowest BCUT2D eigenvalue weighted by atomic mass is 10.2. The van der Waals surface area contributed by atoms with Crippen molar-refractivity contribution in [3.8, 4) is 5.75 Å². The van der Waals surface area contributed by atoms with Crippen LogP contribution in [-0.4, -0.2) is 25.1 Å². The summed E-state index contributed by atoms with van der Waals surface area (Å²) in [7, 11) is 0. The molecular formula is C18H16F3NO4. The molecule has 1 amide bonds. The van der Waals surface area contributed by atoms with Crippen LogP contribution in [0.25, 0.3) is 0 Å². The highest BCUT2D eigenvalue weighted by Gasteiger charge is 2.30. The van der Waals surface area contributed by atoms with E-state index in [4.69, 9.17) is 9.47 Å². The van der Waals surface area contributed by atoms with E-state index in [2.05, 4.69) is 5.32 Å². The molecule has 0 bridgehead atoms. The van der Waals surface area contributed by atoms with Crippen LogP contribution < -0.4 is 10.1 Å². The minimum absolute atomic E-state index is 0.0444. The number of halogens is 3. The lowest BCUT2D eigenvalue weighted by molar-refractivity contribution is -0.149. The van der Waals surface area contributed by atoms with E-state index in [1.54, 1.807) is 12.1 Å². The van der Waals surface area contributed by atoms with Crippen molar-refractivity contribution in [3.63, 3.8) is 0 Å². The predicted octanol–water partition coefficient (Wildman–Crippen LogP) is 3.57. The standard InChI is InChI=1S/C18H16F3NO4/c1-12-5-2-3-8-15(12)25-11-17(24)26-10-16(23)22-14-7-4-6-13(9-14)18(19,20)21/h2-9H,10-11H2,1H3,(H,22,23). The van der Waals surface area contributed by atoms with Gasteiger partial charge in [0, 0.05) is 5.69 Å². The van der Waals surface area contributed by atoms with E-state index in [0.29, 0.717) is 5.75 Å². The number of rotatable bonds is 6. The molecule has 2 rings (SSSR count). The molecule has 0 aliphatic carbocycles. The monoisotopic (exact) mass is 367 g/mol. The third-order valence-electron chi connectivity index (χ3n) is 3.28. The SMILES string of the molecule is Cc1ccccc1OCC(=O)OCC(=O)Nc1cccc(C(F)(F)F)c1.